The normalized spacial score (nSPS) is 14.2. The molecule has 0 radical (unpaired) electrons. The van der Waals surface area contributed by atoms with Gasteiger partial charge in [0.2, 0.25) is 0 Å². The Hall–Kier alpha value is -2.82. The summed E-state index contributed by atoms with van der Waals surface area (Å²) >= 11 is 0. The number of benzene rings is 1. The van der Waals surface area contributed by atoms with Crippen molar-refractivity contribution in [2.45, 2.75) is 13.5 Å². The molecule has 1 N–H and O–H groups in total. The summed E-state index contributed by atoms with van der Waals surface area (Å²) in [5, 5.41) is 3.47. The third-order valence-corrected chi connectivity index (χ3v) is 5.56. The van der Waals surface area contributed by atoms with Crippen molar-refractivity contribution in [3.8, 4) is 11.6 Å². The highest BCUT2D eigenvalue weighted by Gasteiger charge is 2.19. The first-order valence-electron chi connectivity index (χ1n) is 10.5. The average molecular weight is 547 g/mol. The summed E-state index contributed by atoms with van der Waals surface area (Å²) in [6.45, 7) is 6.39. The lowest BCUT2D eigenvalue weighted by atomic mass is 10.2. The molecule has 1 aromatic carbocycles. The summed E-state index contributed by atoms with van der Waals surface area (Å²) in [7, 11) is 3.53. The van der Waals surface area contributed by atoms with Gasteiger partial charge in [-0.05, 0) is 42.8 Å². The smallest absolute Gasteiger partial charge is 0.194 e. The molecule has 9 heteroatoms. The van der Waals surface area contributed by atoms with Crippen molar-refractivity contribution in [1.29, 1.82) is 0 Å². The van der Waals surface area contributed by atoms with Crippen LogP contribution in [-0.2, 0) is 6.54 Å². The third-order valence-electron chi connectivity index (χ3n) is 5.56. The SMILES string of the molecule is CN=C(NCc1ccc(-n2ccnc2C)nc1)N1CCN(c2ccc(OC)cc2)CC1.I. The van der Waals surface area contributed by atoms with Crippen molar-refractivity contribution in [2.75, 3.05) is 45.2 Å². The second-order valence-corrected chi connectivity index (χ2v) is 7.44. The number of nitrogens with zero attached hydrogens (tertiary/aromatic N) is 6. The zero-order chi connectivity index (χ0) is 21.6. The van der Waals surface area contributed by atoms with Gasteiger partial charge in [0, 0.05) is 64.0 Å². The van der Waals surface area contributed by atoms with E-state index >= 15 is 0 Å². The number of ether oxygens (including phenoxy) is 1. The summed E-state index contributed by atoms with van der Waals surface area (Å²) in [5.41, 5.74) is 2.34. The fourth-order valence-electron chi connectivity index (χ4n) is 3.77. The number of guanidine groups is 1. The monoisotopic (exact) mass is 547 g/mol. The van der Waals surface area contributed by atoms with Crippen LogP contribution in [0.25, 0.3) is 5.82 Å². The molecular formula is C23H30IN7O. The molecule has 0 aliphatic carbocycles. The molecule has 0 unspecified atom stereocenters. The molecule has 1 aliphatic rings. The van der Waals surface area contributed by atoms with Crippen molar-refractivity contribution in [2.24, 2.45) is 4.99 Å². The Kier molecular flexibility index (Phi) is 8.32. The van der Waals surface area contributed by atoms with Gasteiger partial charge >= 0.3 is 0 Å². The Morgan fingerprint density at radius 3 is 2.38 bits per heavy atom. The lowest BCUT2D eigenvalue weighted by Crippen LogP contribution is -2.52. The van der Waals surface area contributed by atoms with Crippen LogP contribution in [0.3, 0.4) is 0 Å². The van der Waals surface area contributed by atoms with Gasteiger partial charge in [0.05, 0.1) is 7.11 Å². The Bertz CT molecular complexity index is 1010. The zero-order valence-electron chi connectivity index (χ0n) is 18.7. The molecular weight excluding hydrogens is 517 g/mol. The van der Waals surface area contributed by atoms with Crippen molar-refractivity contribution < 1.29 is 4.74 Å². The van der Waals surface area contributed by atoms with Crippen LogP contribution in [0.1, 0.15) is 11.4 Å². The number of aliphatic imine (C=N–C) groups is 1. The van der Waals surface area contributed by atoms with E-state index in [-0.39, 0.29) is 24.0 Å². The number of aryl methyl sites for hydroxylation is 1. The summed E-state index contributed by atoms with van der Waals surface area (Å²) in [6.07, 6.45) is 5.60. The molecule has 1 fully saturated rings. The molecule has 3 heterocycles. The fourth-order valence-corrected chi connectivity index (χ4v) is 3.77. The number of hydrogen-bond donors (Lipinski definition) is 1. The number of methoxy groups -OCH3 is 1. The first-order valence-corrected chi connectivity index (χ1v) is 10.5. The van der Waals surface area contributed by atoms with Crippen molar-refractivity contribution in [3.63, 3.8) is 0 Å². The summed E-state index contributed by atoms with van der Waals surface area (Å²) in [4.78, 5) is 18.0. The standard InChI is InChI=1S/C23H29N7O.HI/c1-18-25-10-11-30(18)22-9-4-19(16-26-22)17-27-23(24-2)29-14-12-28(13-15-29)20-5-7-21(31-3)8-6-20;/h4-11,16H,12-15,17H2,1-3H3,(H,24,27);1H. The molecule has 8 nitrogen and oxygen atoms in total. The fraction of sp³-hybridized carbons (Fsp3) is 0.348. The van der Waals surface area contributed by atoms with Crippen LogP contribution in [0, 0.1) is 6.92 Å². The Balaban J connectivity index is 0.00000289. The Morgan fingerprint density at radius 1 is 1.06 bits per heavy atom. The molecule has 170 valence electrons. The van der Waals surface area contributed by atoms with E-state index in [9.17, 15) is 0 Å². The summed E-state index contributed by atoms with van der Waals surface area (Å²) in [5.74, 6) is 3.60. The first kappa shape index (κ1) is 23.8. The van der Waals surface area contributed by atoms with Crippen LogP contribution >= 0.6 is 24.0 Å². The average Bonchev–Trinajstić information content (AvgIpc) is 3.26. The second kappa shape index (κ2) is 11.2. The van der Waals surface area contributed by atoms with Gasteiger partial charge in [-0.15, -0.1) is 24.0 Å². The maximum Gasteiger partial charge on any atom is 0.194 e. The van der Waals surface area contributed by atoms with E-state index in [2.05, 4.69) is 48.3 Å². The number of imidazole rings is 1. The maximum atomic E-state index is 5.25. The lowest BCUT2D eigenvalue weighted by Gasteiger charge is -2.37. The second-order valence-electron chi connectivity index (χ2n) is 7.44. The van der Waals surface area contributed by atoms with Gasteiger partial charge in [-0.1, -0.05) is 6.07 Å². The minimum absolute atomic E-state index is 0. The molecule has 1 aliphatic heterocycles. The lowest BCUT2D eigenvalue weighted by molar-refractivity contribution is 0.372. The number of pyridine rings is 1. The number of hydrogen-bond acceptors (Lipinski definition) is 5. The minimum atomic E-state index is 0. The molecule has 2 aromatic heterocycles. The number of nitrogens with one attached hydrogen (secondary N) is 1. The molecule has 0 bridgehead atoms. The van der Waals surface area contributed by atoms with Gasteiger partial charge in [0.1, 0.15) is 17.4 Å². The van der Waals surface area contributed by atoms with Crippen molar-refractivity contribution in [1.82, 2.24) is 24.8 Å². The Morgan fingerprint density at radius 2 is 1.81 bits per heavy atom. The van der Waals surface area contributed by atoms with E-state index in [1.165, 1.54) is 5.69 Å². The number of piperazine rings is 1. The highest BCUT2D eigenvalue weighted by atomic mass is 127. The maximum absolute atomic E-state index is 5.25. The zero-order valence-corrected chi connectivity index (χ0v) is 21.1. The van der Waals surface area contributed by atoms with E-state index in [1.54, 1.807) is 13.3 Å². The van der Waals surface area contributed by atoms with Gasteiger partial charge in [-0.3, -0.25) is 9.56 Å². The number of anilines is 1. The van der Waals surface area contributed by atoms with Crippen LogP contribution in [0.15, 0.2) is 60.0 Å². The predicted octanol–water partition coefficient (Wildman–Crippen LogP) is 3.10. The van der Waals surface area contributed by atoms with E-state index in [0.717, 1.165) is 55.1 Å². The molecule has 1 saturated heterocycles. The quantitative estimate of drug-likeness (QED) is 0.301. The van der Waals surface area contributed by atoms with Gasteiger partial charge in [0.25, 0.3) is 0 Å². The molecule has 32 heavy (non-hydrogen) atoms. The molecule has 4 rings (SSSR count). The molecule has 0 spiro atoms. The van der Waals surface area contributed by atoms with Gasteiger partial charge in [0.15, 0.2) is 5.96 Å². The van der Waals surface area contributed by atoms with Crippen LogP contribution < -0.4 is 15.0 Å². The third kappa shape index (κ3) is 5.50. The van der Waals surface area contributed by atoms with Gasteiger partial charge in [-0.2, -0.15) is 0 Å². The molecule has 0 atom stereocenters. The summed E-state index contributed by atoms with van der Waals surface area (Å²) < 4.78 is 7.22. The van der Waals surface area contributed by atoms with Crippen LogP contribution in [-0.4, -0.2) is 65.7 Å². The first-order chi connectivity index (χ1) is 15.2. The number of rotatable bonds is 5. The van der Waals surface area contributed by atoms with Gasteiger partial charge < -0.3 is 19.9 Å². The molecule has 0 amide bonds. The minimum Gasteiger partial charge on any atom is -0.497 e. The number of halogens is 1. The van der Waals surface area contributed by atoms with Crippen LogP contribution in [0.2, 0.25) is 0 Å². The molecule has 3 aromatic rings. The Labute approximate surface area is 206 Å². The van der Waals surface area contributed by atoms with E-state index in [1.807, 2.05) is 49.1 Å². The van der Waals surface area contributed by atoms with Crippen molar-refractivity contribution >= 4 is 35.6 Å². The van der Waals surface area contributed by atoms with Gasteiger partial charge in [-0.25, -0.2) is 9.97 Å². The van der Waals surface area contributed by atoms with E-state index in [0.29, 0.717) is 6.54 Å². The van der Waals surface area contributed by atoms with E-state index in [4.69, 9.17) is 4.74 Å². The summed E-state index contributed by atoms with van der Waals surface area (Å²) in [6, 6.07) is 12.4. The predicted molar refractivity (Wildman–Crippen MR) is 138 cm³/mol. The van der Waals surface area contributed by atoms with Crippen LogP contribution in [0.4, 0.5) is 5.69 Å². The van der Waals surface area contributed by atoms with E-state index < -0.39 is 0 Å². The number of aromatic nitrogens is 3. The molecule has 0 saturated carbocycles. The van der Waals surface area contributed by atoms with Crippen molar-refractivity contribution in [3.05, 3.63) is 66.4 Å². The topological polar surface area (TPSA) is 70.8 Å². The largest absolute Gasteiger partial charge is 0.497 e. The highest BCUT2D eigenvalue weighted by molar-refractivity contribution is 14.0. The highest BCUT2D eigenvalue weighted by Crippen LogP contribution is 2.20. The van der Waals surface area contributed by atoms with Crippen LogP contribution in [0.5, 0.6) is 5.75 Å².